The van der Waals surface area contributed by atoms with Crippen LogP contribution in [-0.2, 0) is 15.1 Å². The van der Waals surface area contributed by atoms with Gasteiger partial charge in [-0.1, -0.05) is 47.3 Å². The van der Waals surface area contributed by atoms with Crippen LogP contribution in [0.4, 0.5) is 0 Å². The molecule has 0 saturated heterocycles. The lowest BCUT2D eigenvalue weighted by Gasteiger charge is -2.35. The largest absolute Gasteiger partial charge is 0.464 e. The highest BCUT2D eigenvalue weighted by atomic mass is 79.9. The van der Waals surface area contributed by atoms with Crippen molar-refractivity contribution < 1.29 is 9.53 Å². The molecule has 3 nitrogen and oxygen atoms in total. The summed E-state index contributed by atoms with van der Waals surface area (Å²) in [5, 5.41) is 3.57. The van der Waals surface area contributed by atoms with Crippen LogP contribution in [-0.4, -0.2) is 18.6 Å². The molecule has 1 atom stereocenters. The molecule has 1 saturated carbocycles. The van der Waals surface area contributed by atoms with Crippen LogP contribution in [0.25, 0.3) is 0 Å². The molecule has 0 bridgehead atoms. The van der Waals surface area contributed by atoms with Gasteiger partial charge in [0.25, 0.3) is 0 Å². The smallest absolute Gasteiger partial charge is 0.330 e. The minimum absolute atomic E-state index is 0.200. The molecule has 116 valence electrons. The normalized spacial score (nSPS) is 19.0. The van der Waals surface area contributed by atoms with Crippen molar-refractivity contribution in [1.82, 2.24) is 5.32 Å². The maximum atomic E-state index is 12.6. The molecule has 0 amide bonds. The Bertz CT molecular complexity index is 485. The van der Waals surface area contributed by atoms with E-state index in [9.17, 15) is 4.79 Å². The number of halogens is 1. The average Bonchev–Trinajstić information content (AvgIpc) is 2.48. The maximum absolute atomic E-state index is 12.6. The highest BCUT2D eigenvalue weighted by Crippen LogP contribution is 2.29. The summed E-state index contributed by atoms with van der Waals surface area (Å²) < 4.78 is 6.30. The van der Waals surface area contributed by atoms with Gasteiger partial charge >= 0.3 is 5.97 Å². The van der Waals surface area contributed by atoms with Crippen molar-refractivity contribution in [2.75, 3.05) is 6.61 Å². The zero-order chi connectivity index (χ0) is 15.3. The SMILES string of the molecule is CCOC(=O)C(C)(NC1CCCCC1)c1cccc(Br)c1. The Kier molecular flexibility index (Phi) is 5.82. The molecule has 0 heterocycles. The van der Waals surface area contributed by atoms with Crippen molar-refractivity contribution in [1.29, 1.82) is 0 Å². The zero-order valence-corrected chi connectivity index (χ0v) is 14.4. The summed E-state index contributed by atoms with van der Waals surface area (Å²) in [7, 11) is 0. The summed E-state index contributed by atoms with van der Waals surface area (Å²) in [6.45, 7) is 4.18. The molecule has 4 heteroatoms. The summed E-state index contributed by atoms with van der Waals surface area (Å²) >= 11 is 3.49. The summed E-state index contributed by atoms with van der Waals surface area (Å²) in [4.78, 5) is 12.6. The summed E-state index contributed by atoms with van der Waals surface area (Å²) in [5.41, 5.74) is 0.155. The van der Waals surface area contributed by atoms with Crippen LogP contribution in [0, 0.1) is 0 Å². The molecule has 1 unspecified atom stereocenters. The fourth-order valence-electron chi connectivity index (χ4n) is 2.99. The molecule has 0 aromatic heterocycles. The number of nitrogens with one attached hydrogen (secondary N) is 1. The van der Waals surface area contributed by atoms with Crippen LogP contribution >= 0.6 is 15.9 Å². The number of hydrogen-bond donors (Lipinski definition) is 1. The van der Waals surface area contributed by atoms with E-state index >= 15 is 0 Å². The van der Waals surface area contributed by atoms with E-state index in [0.29, 0.717) is 12.6 Å². The number of carbonyl (C=O) groups is 1. The van der Waals surface area contributed by atoms with Gasteiger partial charge in [-0.05, 0) is 44.4 Å². The fraction of sp³-hybridized carbons (Fsp3) is 0.588. The van der Waals surface area contributed by atoms with E-state index in [1.807, 2.05) is 38.1 Å². The second-order valence-corrected chi connectivity index (χ2v) is 6.75. The van der Waals surface area contributed by atoms with Gasteiger partial charge in [0.15, 0.2) is 0 Å². The second-order valence-electron chi connectivity index (χ2n) is 5.84. The Balaban J connectivity index is 2.26. The van der Waals surface area contributed by atoms with Crippen LogP contribution < -0.4 is 5.32 Å². The number of esters is 1. The van der Waals surface area contributed by atoms with Crippen LogP contribution in [0.5, 0.6) is 0 Å². The highest BCUT2D eigenvalue weighted by molar-refractivity contribution is 9.10. The quantitative estimate of drug-likeness (QED) is 0.808. The number of carbonyl (C=O) groups excluding carboxylic acids is 1. The van der Waals surface area contributed by atoms with Crippen molar-refractivity contribution in [2.45, 2.75) is 57.5 Å². The lowest BCUT2D eigenvalue weighted by molar-refractivity contribution is -0.151. The summed E-state index contributed by atoms with van der Waals surface area (Å²) in [5.74, 6) is -0.200. The van der Waals surface area contributed by atoms with Crippen LogP contribution in [0.15, 0.2) is 28.7 Å². The van der Waals surface area contributed by atoms with Gasteiger partial charge in [-0.25, -0.2) is 4.79 Å². The molecule has 1 N–H and O–H groups in total. The van der Waals surface area contributed by atoms with Gasteiger partial charge in [-0.3, -0.25) is 5.32 Å². The van der Waals surface area contributed by atoms with Gasteiger partial charge in [-0.2, -0.15) is 0 Å². The van der Waals surface area contributed by atoms with Gasteiger partial charge in [0.05, 0.1) is 6.61 Å². The van der Waals surface area contributed by atoms with E-state index in [0.717, 1.165) is 22.9 Å². The first-order valence-corrected chi connectivity index (χ1v) is 8.56. The molecule has 1 fully saturated rings. The third kappa shape index (κ3) is 4.07. The van der Waals surface area contributed by atoms with Crippen molar-refractivity contribution >= 4 is 21.9 Å². The van der Waals surface area contributed by atoms with Crippen LogP contribution in [0.3, 0.4) is 0 Å². The van der Waals surface area contributed by atoms with Crippen LogP contribution in [0.1, 0.15) is 51.5 Å². The average molecular weight is 354 g/mol. The Morgan fingerprint density at radius 3 is 2.71 bits per heavy atom. The first-order valence-electron chi connectivity index (χ1n) is 7.77. The second kappa shape index (κ2) is 7.41. The number of rotatable bonds is 5. The minimum atomic E-state index is -0.790. The molecule has 1 aliphatic carbocycles. The molecule has 0 radical (unpaired) electrons. The molecular weight excluding hydrogens is 330 g/mol. The van der Waals surface area contributed by atoms with E-state index in [-0.39, 0.29) is 5.97 Å². The predicted molar refractivity (Wildman–Crippen MR) is 88.1 cm³/mol. The summed E-state index contributed by atoms with van der Waals surface area (Å²) in [6, 6.07) is 8.28. The number of hydrogen-bond acceptors (Lipinski definition) is 3. The maximum Gasteiger partial charge on any atom is 0.330 e. The van der Waals surface area contributed by atoms with Crippen molar-refractivity contribution in [3.05, 3.63) is 34.3 Å². The van der Waals surface area contributed by atoms with Crippen molar-refractivity contribution in [2.24, 2.45) is 0 Å². The monoisotopic (exact) mass is 353 g/mol. The van der Waals surface area contributed by atoms with E-state index in [1.165, 1.54) is 19.3 Å². The fourth-order valence-corrected chi connectivity index (χ4v) is 3.39. The van der Waals surface area contributed by atoms with Gasteiger partial charge < -0.3 is 4.74 Å². The van der Waals surface area contributed by atoms with E-state index in [4.69, 9.17) is 4.74 Å². The first kappa shape index (κ1) is 16.5. The standard InChI is InChI=1S/C17H24BrNO2/c1-3-21-16(20)17(2,13-8-7-9-14(18)12-13)19-15-10-5-4-6-11-15/h7-9,12,15,19H,3-6,10-11H2,1-2H3. The summed E-state index contributed by atoms with van der Waals surface area (Å²) in [6.07, 6.45) is 6.02. The Labute approximate surface area is 135 Å². The molecule has 21 heavy (non-hydrogen) atoms. The predicted octanol–water partition coefficient (Wildman–Crippen LogP) is 4.15. The molecule has 1 aromatic rings. The van der Waals surface area contributed by atoms with E-state index in [2.05, 4.69) is 21.2 Å². The molecule has 1 aromatic carbocycles. The molecule has 1 aliphatic rings. The van der Waals surface area contributed by atoms with E-state index in [1.54, 1.807) is 0 Å². The third-order valence-electron chi connectivity index (χ3n) is 4.18. The Morgan fingerprint density at radius 1 is 1.38 bits per heavy atom. The molecule has 2 rings (SSSR count). The van der Waals surface area contributed by atoms with Crippen molar-refractivity contribution in [3.63, 3.8) is 0 Å². The topological polar surface area (TPSA) is 38.3 Å². The first-order chi connectivity index (χ1) is 10.1. The van der Waals surface area contributed by atoms with Gasteiger partial charge in [0.2, 0.25) is 0 Å². The van der Waals surface area contributed by atoms with Gasteiger partial charge in [0.1, 0.15) is 5.54 Å². The van der Waals surface area contributed by atoms with E-state index < -0.39 is 5.54 Å². The van der Waals surface area contributed by atoms with Crippen molar-refractivity contribution in [3.8, 4) is 0 Å². The molecule has 0 spiro atoms. The number of ether oxygens (including phenoxy) is 1. The molecule has 0 aliphatic heterocycles. The lowest BCUT2D eigenvalue weighted by Crippen LogP contribution is -2.52. The van der Waals surface area contributed by atoms with Crippen LogP contribution in [0.2, 0.25) is 0 Å². The lowest BCUT2D eigenvalue weighted by atomic mass is 9.87. The molecular formula is C17H24BrNO2. The number of benzene rings is 1. The Morgan fingerprint density at radius 2 is 2.10 bits per heavy atom. The highest BCUT2D eigenvalue weighted by Gasteiger charge is 2.38. The third-order valence-corrected chi connectivity index (χ3v) is 4.68. The zero-order valence-electron chi connectivity index (χ0n) is 12.8. The Hall–Kier alpha value is -0.870. The minimum Gasteiger partial charge on any atom is -0.464 e. The van der Waals surface area contributed by atoms with Gasteiger partial charge in [-0.15, -0.1) is 0 Å². The van der Waals surface area contributed by atoms with Gasteiger partial charge in [0, 0.05) is 10.5 Å².